The average Bonchev–Trinajstić information content (AvgIpc) is 2.82. The minimum absolute atomic E-state index is 0.124. The quantitative estimate of drug-likeness (QED) is 0.827. The number of nitrogens with zero attached hydrogens (tertiary/aromatic N) is 2. The summed E-state index contributed by atoms with van der Waals surface area (Å²) in [4.78, 5) is 0. The fourth-order valence-corrected chi connectivity index (χ4v) is 2.09. The van der Waals surface area contributed by atoms with E-state index in [0.29, 0.717) is 22.7 Å². The third kappa shape index (κ3) is 2.42. The Bertz CT molecular complexity index is 564. The van der Waals surface area contributed by atoms with Crippen LogP contribution in [0.15, 0.2) is 30.5 Å². The number of rotatable bonds is 4. The molecule has 102 valence electrons. The summed E-state index contributed by atoms with van der Waals surface area (Å²) in [5.41, 5.74) is 7.74. The number of ether oxygens (including phenoxy) is 1. The van der Waals surface area contributed by atoms with Gasteiger partial charge >= 0.3 is 0 Å². The molecule has 1 heterocycles. The van der Waals surface area contributed by atoms with Crippen LogP contribution in [0.2, 0.25) is 0 Å². The maximum absolute atomic E-state index is 10.6. The van der Waals surface area contributed by atoms with E-state index in [0.717, 1.165) is 0 Å². The molecular formula is C14H19N3O2. The van der Waals surface area contributed by atoms with Gasteiger partial charge in [0.15, 0.2) is 5.75 Å². The fraction of sp³-hybridized carbons (Fsp3) is 0.357. The number of para-hydroxylation sites is 1. The molecule has 1 aromatic carbocycles. The van der Waals surface area contributed by atoms with Crippen molar-refractivity contribution in [1.82, 2.24) is 9.78 Å². The molecule has 1 unspecified atom stereocenters. The molecule has 0 saturated carbocycles. The first-order valence-corrected chi connectivity index (χ1v) is 6.20. The predicted molar refractivity (Wildman–Crippen MR) is 74.1 cm³/mol. The summed E-state index contributed by atoms with van der Waals surface area (Å²) in [7, 11) is 1.56. The normalized spacial score (nSPS) is 12.7. The Morgan fingerprint density at radius 2 is 2.00 bits per heavy atom. The smallest absolute Gasteiger partial charge is 0.163 e. The molecule has 0 amide bonds. The second-order valence-electron chi connectivity index (χ2n) is 4.67. The van der Waals surface area contributed by atoms with Gasteiger partial charge in [0.2, 0.25) is 0 Å². The van der Waals surface area contributed by atoms with Gasteiger partial charge in [0, 0.05) is 17.3 Å². The molecular weight excluding hydrogens is 242 g/mol. The summed E-state index contributed by atoms with van der Waals surface area (Å²) >= 11 is 0. The van der Waals surface area contributed by atoms with Gasteiger partial charge < -0.3 is 15.6 Å². The first kappa shape index (κ1) is 13.4. The van der Waals surface area contributed by atoms with E-state index in [1.807, 2.05) is 26.0 Å². The van der Waals surface area contributed by atoms with Crippen LogP contribution in [0.5, 0.6) is 5.75 Å². The van der Waals surface area contributed by atoms with E-state index < -0.39 is 6.10 Å². The topological polar surface area (TPSA) is 73.3 Å². The molecule has 2 aromatic rings. The van der Waals surface area contributed by atoms with E-state index in [2.05, 4.69) is 5.10 Å². The summed E-state index contributed by atoms with van der Waals surface area (Å²) in [6.07, 6.45) is 0.749. The van der Waals surface area contributed by atoms with Crippen LogP contribution >= 0.6 is 0 Å². The molecule has 2 rings (SSSR count). The molecule has 0 bridgehead atoms. The fourth-order valence-electron chi connectivity index (χ4n) is 2.09. The van der Waals surface area contributed by atoms with Gasteiger partial charge in [-0.3, -0.25) is 4.68 Å². The largest absolute Gasteiger partial charge is 0.493 e. The maximum atomic E-state index is 10.6. The van der Waals surface area contributed by atoms with Crippen molar-refractivity contribution in [2.24, 2.45) is 0 Å². The number of aliphatic hydroxyl groups excluding tert-OH is 1. The Kier molecular flexibility index (Phi) is 3.76. The van der Waals surface area contributed by atoms with E-state index in [1.54, 1.807) is 30.1 Å². The third-order valence-electron chi connectivity index (χ3n) is 3.06. The van der Waals surface area contributed by atoms with Gasteiger partial charge in [-0.2, -0.15) is 5.10 Å². The zero-order valence-electron chi connectivity index (χ0n) is 11.4. The van der Waals surface area contributed by atoms with Crippen molar-refractivity contribution in [3.8, 4) is 5.75 Å². The van der Waals surface area contributed by atoms with Crippen LogP contribution in [0.25, 0.3) is 0 Å². The van der Waals surface area contributed by atoms with Crippen LogP contribution in [0, 0.1) is 0 Å². The van der Waals surface area contributed by atoms with Crippen LogP contribution in [0.4, 0.5) is 5.69 Å². The van der Waals surface area contributed by atoms with E-state index in [9.17, 15) is 5.11 Å². The van der Waals surface area contributed by atoms with Crippen LogP contribution < -0.4 is 10.5 Å². The van der Waals surface area contributed by atoms with Gasteiger partial charge in [-0.25, -0.2) is 0 Å². The molecule has 5 nitrogen and oxygen atoms in total. The molecule has 0 spiro atoms. The molecule has 0 aliphatic heterocycles. The predicted octanol–water partition coefficient (Wildman–Crippen LogP) is 2.14. The molecule has 1 aromatic heterocycles. The summed E-state index contributed by atoms with van der Waals surface area (Å²) < 4.78 is 7.02. The highest BCUT2D eigenvalue weighted by molar-refractivity contribution is 5.51. The standard InChI is InChI=1S/C14H19N3O2/c1-9(2)17-13(12(19-3)8-16-17)14(18)10-6-4-5-7-11(10)15/h4-9,14,18H,15H2,1-3H3. The molecule has 3 N–H and O–H groups in total. The van der Waals surface area contributed by atoms with E-state index in [-0.39, 0.29) is 6.04 Å². The zero-order valence-corrected chi connectivity index (χ0v) is 11.4. The van der Waals surface area contributed by atoms with Crippen LogP contribution in [0.1, 0.15) is 37.3 Å². The summed E-state index contributed by atoms with van der Waals surface area (Å²) in [5.74, 6) is 0.560. The lowest BCUT2D eigenvalue weighted by Gasteiger charge is -2.18. The zero-order chi connectivity index (χ0) is 14.0. The average molecular weight is 261 g/mol. The van der Waals surface area contributed by atoms with Gasteiger partial charge in [-0.15, -0.1) is 0 Å². The number of anilines is 1. The Hall–Kier alpha value is -2.01. The van der Waals surface area contributed by atoms with E-state index >= 15 is 0 Å². The van der Waals surface area contributed by atoms with E-state index in [1.165, 1.54) is 0 Å². The Labute approximate surface area is 112 Å². The number of aromatic nitrogens is 2. The highest BCUT2D eigenvalue weighted by Crippen LogP contribution is 2.33. The number of methoxy groups -OCH3 is 1. The Morgan fingerprint density at radius 3 is 2.58 bits per heavy atom. The minimum atomic E-state index is -0.860. The molecule has 5 heteroatoms. The van der Waals surface area contributed by atoms with Gasteiger partial charge in [-0.05, 0) is 19.9 Å². The van der Waals surface area contributed by atoms with Crippen molar-refractivity contribution in [1.29, 1.82) is 0 Å². The number of hydrogen-bond acceptors (Lipinski definition) is 4. The van der Waals surface area contributed by atoms with Gasteiger partial charge in [0.1, 0.15) is 11.8 Å². The van der Waals surface area contributed by atoms with Gasteiger partial charge in [-0.1, -0.05) is 18.2 Å². The summed E-state index contributed by atoms with van der Waals surface area (Å²) in [6, 6.07) is 7.37. The van der Waals surface area contributed by atoms with Gasteiger partial charge in [0.05, 0.1) is 13.3 Å². The lowest BCUT2D eigenvalue weighted by atomic mass is 10.0. The number of nitrogens with two attached hydrogens (primary N) is 1. The molecule has 0 saturated heterocycles. The first-order chi connectivity index (χ1) is 9.06. The first-order valence-electron chi connectivity index (χ1n) is 6.20. The SMILES string of the molecule is COc1cnn(C(C)C)c1C(O)c1ccccc1N. The van der Waals surface area contributed by atoms with Crippen molar-refractivity contribution < 1.29 is 9.84 Å². The number of nitrogen functional groups attached to an aromatic ring is 1. The van der Waals surface area contributed by atoms with Crippen LogP contribution in [-0.4, -0.2) is 22.0 Å². The molecule has 0 fully saturated rings. The van der Waals surface area contributed by atoms with Crippen molar-refractivity contribution in [3.63, 3.8) is 0 Å². The molecule has 0 aliphatic carbocycles. The van der Waals surface area contributed by atoms with Crippen molar-refractivity contribution >= 4 is 5.69 Å². The molecule has 0 aliphatic rings. The minimum Gasteiger partial charge on any atom is -0.493 e. The lowest BCUT2D eigenvalue weighted by Crippen LogP contribution is -2.14. The van der Waals surface area contributed by atoms with Crippen molar-refractivity contribution in [2.75, 3.05) is 12.8 Å². The highest BCUT2D eigenvalue weighted by Gasteiger charge is 2.24. The van der Waals surface area contributed by atoms with Crippen LogP contribution in [0.3, 0.4) is 0 Å². The van der Waals surface area contributed by atoms with Crippen LogP contribution in [-0.2, 0) is 0 Å². The number of hydrogen-bond donors (Lipinski definition) is 2. The number of benzene rings is 1. The highest BCUT2D eigenvalue weighted by atomic mass is 16.5. The van der Waals surface area contributed by atoms with Crippen molar-refractivity contribution in [2.45, 2.75) is 26.0 Å². The lowest BCUT2D eigenvalue weighted by molar-refractivity contribution is 0.200. The van der Waals surface area contributed by atoms with E-state index in [4.69, 9.17) is 10.5 Å². The summed E-state index contributed by atoms with van der Waals surface area (Å²) in [6.45, 7) is 3.99. The Morgan fingerprint density at radius 1 is 1.32 bits per heavy atom. The second-order valence-corrected chi connectivity index (χ2v) is 4.67. The second kappa shape index (κ2) is 5.32. The third-order valence-corrected chi connectivity index (χ3v) is 3.06. The molecule has 19 heavy (non-hydrogen) atoms. The van der Waals surface area contributed by atoms with Crippen molar-refractivity contribution in [3.05, 3.63) is 41.7 Å². The summed E-state index contributed by atoms with van der Waals surface area (Å²) in [5, 5.41) is 14.8. The molecule has 0 radical (unpaired) electrons. The van der Waals surface area contributed by atoms with Gasteiger partial charge in [0.25, 0.3) is 0 Å². The maximum Gasteiger partial charge on any atom is 0.163 e. The molecule has 1 atom stereocenters. The Balaban J connectivity index is 2.52. The number of aliphatic hydroxyl groups is 1. The monoisotopic (exact) mass is 261 g/mol.